The van der Waals surface area contributed by atoms with E-state index in [-0.39, 0.29) is 5.84 Å². The normalized spacial score (nSPS) is 10.5. The fourth-order valence-corrected chi connectivity index (χ4v) is 2.58. The number of nitrogen functional groups attached to an aromatic ring is 1. The molecule has 0 amide bonds. The van der Waals surface area contributed by atoms with E-state index >= 15 is 0 Å². The zero-order valence-electron chi connectivity index (χ0n) is 10.9. The van der Waals surface area contributed by atoms with Gasteiger partial charge >= 0.3 is 0 Å². The van der Waals surface area contributed by atoms with Crippen LogP contribution in [0.3, 0.4) is 0 Å². The first kappa shape index (κ1) is 13.6. The molecule has 0 saturated heterocycles. The van der Waals surface area contributed by atoms with Crippen molar-refractivity contribution in [3.8, 4) is 0 Å². The fraction of sp³-hybridized carbons (Fsp3) is 0.231. The first-order valence-corrected chi connectivity index (χ1v) is 6.60. The number of nitrogens with zero attached hydrogens (tertiary/aromatic N) is 3. The molecule has 2 aromatic rings. The Morgan fingerprint density at radius 3 is 2.84 bits per heavy atom. The minimum absolute atomic E-state index is 0.0560. The number of aryl methyl sites for hydroxylation is 1. The lowest BCUT2D eigenvalue weighted by Gasteiger charge is -2.22. The second kappa shape index (κ2) is 5.44. The molecule has 0 aliphatic heterocycles. The predicted octanol–water partition coefficient (Wildman–Crippen LogP) is 2.10. The number of rotatable bonds is 4. The second-order valence-corrected chi connectivity index (χ2v) is 5.28. The van der Waals surface area contributed by atoms with E-state index in [0.29, 0.717) is 12.1 Å². The average Bonchev–Trinajstić information content (AvgIpc) is 2.73. The monoisotopic (exact) mass is 321 g/mol. The maximum atomic E-state index is 7.70. The van der Waals surface area contributed by atoms with Crippen molar-refractivity contribution in [1.29, 1.82) is 5.41 Å². The Morgan fingerprint density at radius 2 is 2.26 bits per heavy atom. The van der Waals surface area contributed by atoms with Crippen molar-refractivity contribution in [2.24, 2.45) is 12.8 Å². The molecule has 0 aliphatic rings. The molecular weight excluding hydrogens is 306 g/mol. The Hall–Kier alpha value is -1.82. The van der Waals surface area contributed by atoms with E-state index in [1.54, 1.807) is 4.68 Å². The number of nitrogens with two attached hydrogens (primary N) is 1. The number of amidine groups is 1. The molecule has 0 radical (unpaired) electrons. The van der Waals surface area contributed by atoms with E-state index in [1.807, 2.05) is 44.7 Å². The van der Waals surface area contributed by atoms with Crippen LogP contribution in [0.2, 0.25) is 0 Å². The fourth-order valence-electron chi connectivity index (χ4n) is 2.01. The van der Waals surface area contributed by atoms with E-state index in [2.05, 4.69) is 25.9 Å². The molecule has 2 rings (SSSR count). The molecule has 0 bridgehead atoms. The van der Waals surface area contributed by atoms with Gasteiger partial charge in [0.1, 0.15) is 5.84 Å². The van der Waals surface area contributed by atoms with Crippen molar-refractivity contribution < 1.29 is 0 Å². The van der Waals surface area contributed by atoms with Crippen LogP contribution < -0.4 is 10.6 Å². The summed E-state index contributed by atoms with van der Waals surface area (Å²) in [6.45, 7) is 0.713. The van der Waals surface area contributed by atoms with Gasteiger partial charge in [-0.15, -0.1) is 0 Å². The lowest BCUT2D eigenvalue weighted by Crippen LogP contribution is -2.22. The van der Waals surface area contributed by atoms with Gasteiger partial charge in [0.05, 0.1) is 11.8 Å². The van der Waals surface area contributed by atoms with Gasteiger partial charge in [-0.25, -0.2) is 0 Å². The van der Waals surface area contributed by atoms with E-state index < -0.39 is 0 Å². The van der Waals surface area contributed by atoms with Crippen LogP contribution in [-0.2, 0) is 13.6 Å². The van der Waals surface area contributed by atoms with Gasteiger partial charge in [-0.1, -0.05) is 6.07 Å². The van der Waals surface area contributed by atoms with Gasteiger partial charge in [-0.05, 0) is 28.1 Å². The highest BCUT2D eigenvalue weighted by atomic mass is 79.9. The Bertz CT molecular complexity index is 605. The van der Waals surface area contributed by atoms with Crippen molar-refractivity contribution in [2.45, 2.75) is 6.54 Å². The molecule has 6 heteroatoms. The zero-order valence-corrected chi connectivity index (χ0v) is 12.5. The molecule has 19 heavy (non-hydrogen) atoms. The number of hydrogen-bond acceptors (Lipinski definition) is 3. The van der Waals surface area contributed by atoms with Crippen molar-refractivity contribution in [1.82, 2.24) is 9.78 Å². The average molecular weight is 322 g/mol. The van der Waals surface area contributed by atoms with Gasteiger partial charge in [-0.2, -0.15) is 5.10 Å². The van der Waals surface area contributed by atoms with Crippen molar-refractivity contribution in [3.63, 3.8) is 0 Å². The summed E-state index contributed by atoms with van der Waals surface area (Å²) >= 11 is 3.44. The maximum absolute atomic E-state index is 7.70. The Balaban J connectivity index is 2.31. The van der Waals surface area contributed by atoms with Gasteiger partial charge in [0.25, 0.3) is 0 Å². The van der Waals surface area contributed by atoms with Crippen LogP contribution in [0.4, 0.5) is 5.69 Å². The van der Waals surface area contributed by atoms with Crippen molar-refractivity contribution >= 4 is 27.5 Å². The maximum Gasteiger partial charge on any atom is 0.126 e. The topological polar surface area (TPSA) is 70.9 Å². The second-order valence-electron chi connectivity index (χ2n) is 4.43. The first-order valence-electron chi connectivity index (χ1n) is 5.80. The number of benzene rings is 1. The summed E-state index contributed by atoms with van der Waals surface area (Å²) < 4.78 is 2.60. The number of hydrogen-bond donors (Lipinski definition) is 2. The van der Waals surface area contributed by atoms with Crippen LogP contribution in [0.15, 0.2) is 35.1 Å². The summed E-state index contributed by atoms with van der Waals surface area (Å²) in [7, 11) is 3.87. The number of halogens is 1. The molecule has 0 fully saturated rings. The standard InChI is InChI=1S/C13H16BrN5/c1-18(7-9-6-17-19(2)8-9)11-5-3-4-10(14)12(11)13(15)16/h3-6,8H,7H2,1-2H3,(H3,15,16). The van der Waals surface area contributed by atoms with Crippen LogP contribution in [0.1, 0.15) is 11.1 Å². The summed E-state index contributed by atoms with van der Waals surface area (Å²) in [6.07, 6.45) is 3.81. The van der Waals surface area contributed by atoms with E-state index in [4.69, 9.17) is 11.1 Å². The third-order valence-electron chi connectivity index (χ3n) is 2.85. The smallest absolute Gasteiger partial charge is 0.126 e. The van der Waals surface area contributed by atoms with E-state index in [9.17, 15) is 0 Å². The van der Waals surface area contributed by atoms with Crippen molar-refractivity contribution in [3.05, 3.63) is 46.2 Å². The highest BCUT2D eigenvalue weighted by molar-refractivity contribution is 9.10. The first-order chi connectivity index (χ1) is 8.99. The third kappa shape index (κ3) is 2.96. The predicted molar refractivity (Wildman–Crippen MR) is 80.5 cm³/mol. The summed E-state index contributed by atoms with van der Waals surface area (Å²) in [4.78, 5) is 2.05. The molecule has 0 aliphatic carbocycles. The van der Waals surface area contributed by atoms with Gasteiger partial charge in [0, 0.05) is 42.6 Å². The number of anilines is 1. The molecule has 0 spiro atoms. The van der Waals surface area contributed by atoms with E-state index in [0.717, 1.165) is 15.7 Å². The summed E-state index contributed by atoms with van der Waals surface area (Å²) in [5.41, 5.74) is 8.41. The van der Waals surface area contributed by atoms with Crippen molar-refractivity contribution in [2.75, 3.05) is 11.9 Å². The van der Waals surface area contributed by atoms with Crippen LogP contribution in [0.25, 0.3) is 0 Å². The van der Waals surface area contributed by atoms with Gasteiger partial charge < -0.3 is 10.6 Å². The molecule has 0 unspecified atom stereocenters. The lowest BCUT2D eigenvalue weighted by molar-refractivity contribution is 0.766. The Labute approximate surface area is 120 Å². The zero-order chi connectivity index (χ0) is 14.0. The Morgan fingerprint density at radius 1 is 1.53 bits per heavy atom. The van der Waals surface area contributed by atoms with Crippen LogP contribution in [0, 0.1) is 5.41 Å². The van der Waals surface area contributed by atoms with Crippen LogP contribution >= 0.6 is 15.9 Å². The van der Waals surface area contributed by atoms with Crippen LogP contribution in [0.5, 0.6) is 0 Å². The molecule has 3 N–H and O–H groups in total. The largest absolute Gasteiger partial charge is 0.384 e. The number of aromatic nitrogens is 2. The molecular formula is C13H16BrN5. The SMILES string of the molecule is CN(Cc1cnn(C)c1)c1cccc(Br)c1C(=N)N. The molecule has 1 heterocycles. The summed E-state index contributed by atoms with van der Waals surface area (Å²) in [5, 5.41) is 11.9. The molecule has 100 valence electrons. The summed E-state index contributed by atoms with van der Waals surface area (Å²) in [6, 6.07) is 5.78. The number of nitrogens with one attached hydrogen (secondary N) is 1. The third-order valence-corrected chi connectivity index (χ3v) is 3.51. The molecule has 1 aromatic carbocycles. The Kier molecular flexibility index (Phi) is 3.90. The van der Waals surface area contributed by atoms with Gasteiger partial charge in [-0.3, -0.25) is 10.1 Å². The van der Waals surface area contributed by atoms with E-state index in [1.165, 1.54) is 0 Å². The van der Waals surface area contributed by atoms with Gasteiger partial charge in [0.15, 0.2) is 0 Å². The molecule has 0 saturated carbocycles. The highest BCUT2D eigenvalue weighted by Crippen LogP contribution is 2.27. The highest BCUT2D eigenvalue weighted by Gasteiger charge is 2.13. The quantitative estimate of drug-likeness (QED) is 0.669. The minimum atomic E-state index is 0.0560. The summed E-state index contributed by atoms with van der Waals surface area (Å²) in [5.74, 6) is 0.0560. The molecule has 1 aromatic heterocycles. The lowest BCUT2D eigenvalue weighted by atomic mass is 10.1. The van der Waals surface area contributed by atoms with Crippen LogP contribution in [-0.4, -0.2) is 22.7 Å². The minimum Gasteiger partial charge on any atom is -0.384 e. The molecule has 5 nitrogen and oxygen atoms in total. The van der Waals surface area contributed by atoms with Gasteiger partial charge in [0.2, 0.25) is 0 Å². The molecule has 0 atom stereocenters.